The average Bonchev–Trinajstić information content (AvgIpc) is 2.90. The van der Waals surface area contributed by atoms with Gasteiger partial charge in [-0.2, -0.15) is 11.8 Å². The van der Waals surface area contributed by atoms with Gasteiger partial charge in [0.2, 0.25) is 0 Å². The monoisotopic (exact) mass is 314 g/mol. The van der Waals surface area contributed by atoms with Crippen molar-refractivity contribution in [2.24, 2.45) is 0 Å². The lowest BCUT2D eigenvalue weighted by Gasteiger charge is -2.36. The Kier molecular flexibility index (Phi) is 5.83. The van der Waals surface area contributed by atoms with E-state index in [1.165, 1.54) is 30.8 Å². The fourth-order valence-corrected chi connectivity index (χ4v) is 4.28. The van der Waals surface area contributed by atoms with Crippen LogP contribution in [0.5, 0.6) is 0 Å². The van der Waals surface area contributed by atoms with Gasteiger partial charge in [0.15, 0.2) is 0 Å². The van der Waals surface area contributed by atoms with Crippen molar-refractivity contribution in [3.05, 3.63) is 0 Å². The van der Waals surface area contributed by atoms with Gasteiger partial charge in [-0.1, -0.05) is 0 Å². The summed E-state index contributed by atoms with van der Waals surface area (Å²) in [5.41, 5.74) is -0.412. The summed E-state index contributed by atoms with van der Waals surface area (Å²) in [6.07, 6.45) is 5.60. The first-order valence-electron chi connectivity index (χ1n) is 8.15. The van der Waals surface area contributed by atoms with Crippen molar-refractivity contribution in [1.82, 2.24) is 10.2 Å². The van der Waals surface area contributed by atoms with Crippen LogP contribution in [0.4, 0.5) is 4.79 Å². The summed E-state index contributed by atoms with van der Waals surface area (Å²) in [5.74, 6) is 2.56. The van der Waals surface area contributed by atoms with Crippen molar-refractivity contribution in [2.45, 2.75) is 76.6 Å². The van der Waals surface area contributed by atoms with Crippen LogP contribution in [-0.4, -0.2) is 53.3 Å². The minimum absolute atomic E-state index is 0.189. The number of carbonyl (C=O) groups is 1. The Hall–Kier alpha value is -0.420. The molecule has 0 aromatic carbocycles. The van der Waals surface area contributed by atoms with E-state index < -0.39 is 5.60 Å². The highest BCUT2D eigenvalue weighted by Crippen LogP contribution is 2.26. The van der Waals surface area contributed by atoms with Crippen LogP contribution in [0.15, 0.2) is 0 Å². The lowest BCUT2D eigenvalue weighted by atomic mass is 9.90. The summed E-state index contributed by atoms with van der Waals surface area (Å²) >= 11 is 2.05. The molecule has 0 spiro atoms. The highest BCUT2D eigenvalue weighted by Gasteiger charge is 2.30. The SMILES string of the molecule is CN(C(=O)OC(C)(C)C)C1CCC(NC2CCSC2)CC1. The van der Waals surface area contributed by atoms with Gasteiger partial charge >= 0.3 is 6.09 Å². The van der Waals surface area contributed by atoms with Gasteiger partial charge in [0.25, 0.3) is 0 Å². The lowest BCUT2D eigenvalue weighted by Crippen LogP contribution is -2.46. The molecular weight excluding hydrogens is 284 g/mol. The van der Waals surface area contributed by atoms with Gasteiger partial charge in [0, 0.05) is 30.9 Å². The molecule has 1 aliphatic heterocycles. The maximum atomic E-state index is 12.1. The Morgan fingerprint density at radius 2 is 1.81 bits per heavy atom. The molecule has 1 saturated heterocycles. The van der Waals surface area contributed by atoms with Crippen LogP contribution in [0.1, 0.15) is 52.9 Å². The van der Waals surface area contributed by atoms with Gasteiger partial charge in [-0.25, -0.2) is 4.79 Å². The van der Waals surface area contributed by atoms with Crippen LogP contribution in [-0.2, 0) is 4.74 Å². The summed E-state index contributed by atoms with van der Waals surface area (Å²) in [4.78, 5) is 13.9. The largest absolute Gasteiger partial charge is 0.444 e. The third kappa shape index (κ3) is 5.37. The second kappa shape index (κ2) is 7.23. The zero-order valence-corrected chi connectivity index (χ0v) is 14.7. The van der Waals surface area contributed by atoms with Gasteiger partial charge in [0.05, 0.1) is 0 Å². The van der Waals surface area contributed by atoms with Crippen LogP contribution < -0.4 is 5.32 Å². The molecule has 0 aromatic rings. The molecule has 0 radical (unpaired) electrons. The number of amides is 1. The number of carbonyl (C=O) groups excluding carboxylic acids is 1. The van der Waals surface area contributed by atoms with Crippen LogP contribution >= 0.6 is 11.8 Å². The predicted molar refractivity (Wildman–Crippen MR) is 88.9 cm³/mol. The number of hydrogen-bond acceptors (Lipinski definition) is 4. The van der Waals surface area contributed by atoms with Crippen LogP contribution in [0, 0.1) is 0 Å². The normalized spacial score (nSPS) is 30.2. The first kappa shape index (κ1) is 16.9. The second-order valence-corrected chi connectivity index (χ2v) is 8.47. The van der Waals surface area contributed by atoms with Crippen molar-refractivity contribution in [3.63, 3.8) is 0 Å². The van der Waals surface area contributed by atoms with Crippen molar-refractivity contribution in [1.29, 1.82) is 0 Å². The topological polar surface area (TPSA) is 41.6 Å². The molecule has 2 aliphatic rings. The van der Waals surface area contributed by atoms with Crippen LogP contribution in [0.2, 0.25) is 0 Å². The Bertz CT molecular complexity index is 343. The fraction of sp³-hybridized carbons (Fsp3) is 0.938. The molecule has 1 aliphatic carbocycles. The molecule has 1 amide bonds. The molecule has 2 rings (SSSR count). The van der Waals surface area contributed by atoms with Gasteiger partial charge < -0.3 is 15.0 Å². The first-order valence-corrected chi connectivity index (χ1v) is 9.30. The number of thioether (sulfide) groups is 1. The maximum Gasteiger partial charge on any atom is 0.410 e. The molecule has 122 valence electrons. The van der Waals surface area contributed by atoms with E-state index in [0.717, 1.165) is 12.8 Å². The van der Waals surface area contributed by atoms with Crippen LogP contribution in [0.25, 0.3) is 0 Å². The van der Waals surface area contributed by atoms with Crippen LogP contribution in [0.3, 0.4) is 0 Å². The molecule has 1 N–H and O–H groups in total. The van der Waals surface area contributed by atoms with Gasteiger partial charge in [-0.3, -0.25) is 0 Å². The summed E-state index contributed by atoms with van der Waals surface area (Å²) in [7, 11) is 1.88. The van der Waals surface area contributed by atoms with E-state index in [1.807, 2.05) is 27.8 Å². The van der Waals surface area contributed by atoms with Crippen molar-refractivity contribution >= 4 is 17.9 Å². The van der Waals surface area contributed by atoms with E-state index in [2.05, 4.69) is 17.1 Å². The Morgan fingerprint density at radius 3 is 2.33 bits per heavy atom. The third-order valence-corrected chi connectivity index (χ3v) is 5.49. The number of rotatable bonds is 3. The highest BCUT2D eigenvalue weighted by molar-refractivity contribution is 7.99. The molecule has 2 fully saturated rings. The van der Waals surface area contributed by atoms with Crippen molar-refractivity contribution < 1.29 is 9.53 Å². The smallest absolute Gasteiger partial charge is 0.410 e. The second-order valence-electron chi connectivity index (χ2n) is 7.32. The Labute approximate surface area is 133 Å². The highest BCUT2D eigenvalue weighted by atomic mass is 32.2. The predicted octanol–water partition coefficient (Wildman–Crippen LogP) is 3.26. The van der Waals surface area contributed by atoms with E-state index in [4.69, 9.17) is 4.74 Å². The summed E-state index contributed by atoms with van der Waals surface area (Å²) < 4.78 is 5.46. The number of hydrogen-bond donors (Lipinski definition) is 1. The molecule has 1 unspecified atom stereocenters. The third-order valence-electron chi connectivity index (χ3n) is 4.33. The van der Waals surface area contributed by atoms with Gasteiger partial charge in [-0.15, -0.1) is 0 Å². The van der Waals surface area contributed by atoms with Crippen molar-refractivity contribution in [3.8, 4) is 0 Å². The Morgan fingerprint density at radius 1 is 1.14 bits per heavy atom. The number of nitrogens with one attached hydrogen (secondary N) is 1. The van der Waals surface area contributed by atoms with E-state index in [9.17, 15) is 4.79 Å². The van der Waals surface area contributed by atoms with E-state index in [1.54, 1.807) is 4.90 Å². The minimum Gasteiger partial charge on any atom is -0.444 e. The maximum absolute atomic E-state index is 12.1. The van der Waals surface area contributed by atoms with E-state index in [-0.39, 0.29) is 6.09 Å². The van der Waals surface area contributed by atoms with Crippen molar-refractivity contribution in [2.75, 3.05) is 18.6 Å². The molecule has 0 aromatic heterocycles. The quantitative estimate of drug-likeness (QED) is 0.868. The van der Waals surface area contributed by atoms with E-state index in [0.29, 0.717) is 18.1 Å². The molecule has 4 nitrogen and oxygen atoms in total. The van der Waals surface area contributed by atoms with Gasteiger partial charge in [0.1, 0.15) is 5.60 Å². The number of nitrogens with zero attached hydrogens (tertiary/aromatic N) is 1. The molecule has 5 heteroatoms. The molecular formula is C16H30N2O2S. The van der Waals surface area contributed by atoms with E-state index >= 15 is 0 Å². The summed E-state index contributed by atoms with van der Waals surface area (Å²) in [6, 6.07) is 1.67. The molecule has 0 bridgehead atoms. The summed E-state index contributed by atoms with van der Waals surface area (Å²) in [6.45, 7) is 5.75. The molecule has 1 saturated carbocycles. The Balaban J connectivity index is 1.73. The van der Waals surface area contributed by atoms with Gasteiger partial charge in [-0.05, 0) is 58.6 Å². The number of ether oxygens (including phenoxy) is 1. The zero-order chi connectivity index (χ0) is 15.5. The lowest BCUT2D eigenvalue weighted by molar-refractivity contribution is 0.0178. The average molecular weight is 314 g/mol. The zero-order valence-electron chi connectivity index (χ0n) is 13.9. The molecule has 21 heavy (non-hydrogen) atoms. The molecule has 1 atom stereocenters. The minimum atomic E-state index is -0.412. The standard InChI is InChI=1S/C16H30N2O2S/c1-16(2,3)20-15(19)18(4)14-7-5-12(6-8-14)17-13-9-10-21-11-13/h12-14,17H,5-11H2,1-4H3. The summed E-state index contributed by atoms with van der Waals surface area (Å²) in [5, 5.41) is 3.79. The molecule has 1 heterocycles. The fourth-order valence-electron chi connectivity index (χ4n) is 3.11. The first-order chi connectivity index (χ1) is 9.85.